The van der Waals surface area contributed by atoms with E-state index in [9.17, 15) is 0 Å². The number of rotatable bonds is 6. The molecular formula is C17H25N3S. The molecule has 0 aliphatic carbocycles. The van der Waals surface area contributed by atoms with E-state index < -0.39 is 0 Å². The Bertz CT molecular complexity index is 570. The van der Waals surface area contributed by atoms with Gasteiger partial charge >= 0.3 is 0 Å². The normalized spacial score (nSPS) is 11.1. The maximum atomic E-state index is 4.72. The van der Waals surface area contributed by atoms with Gasteiger partial charge in [0.1, 0.15) is 5.01 Å². The maximum Gasteiger partial charge on any atom is 0.123 e. The first kappa shape index (κ1) is 16.0. The number of hydrogen-bond acceptors (Lipinski definition) is 4. The molecule has 1 aromatic heterocycles. The molecule has 4 heteroatoms. The van der Waals surface area contributed by atoms with Crippen molar-refractivity contribution in [1.82, 2.24) is 10.3 Å². The molecule has 0 fully saturated rings. The highest BCUT2D eigenvalue weighted by Crippen LogP contribution is 2.29. The Balaban J connectivity index is 2.10. The van der Waals surface area contributed by atoms with Crippen LogP contribution < -0.4 is 10.2 Å². The van der Waals surface area contributed by atoms with Gasteiger partial charge < -0.3 is 10.2 Å². The average Bonchev–Trinajstić information content (AvgIpc) is 2.80. The first-order valence-corrected chi connectivity index (χ1v) is 8.23. The van der Waals surface area contributed by atoms with E-state index >= 15 is 0 Å². The minimum Gasteiger partial charge on any atom is -0.378 e. The van der Waals surface area contributed by atoms with E-state index in [0.29, 0.717) is 5.92 Å². The molecule has 0 saturated carbocycles. The van der Waals surface area contributed by atoms with Gasteiger partial charge in [0.05, 0.1) is 5.69 Å². The molecule has 0 spiro atoms. The standard InChI is InChI=1S/C17H25N3S/c1-12(2)10-18-11-16-13(3)19-17(21-16)14-6-8-15(9-7-14)20(4)5/h6-9,12,18H,10-11H2,1-5H3. The highest BCUT2D eigenvalue weighted by atomic mass is 32.1. The lowest BCUT2D eigenvalue weighted by atomic mass is 10.2. The fourth-order valence-corrected chi connectivity index (χ4v) is 3.13. The van der Waals surface area contributed by atoms with E-state index in [-0.39, 0.29) is 0 Å². The van der Waals surface area contributed by atoms with Crippen LogP contribution in [0.4, 0.5) is 5.69 Å². The predicted molar refractivity (Wildman–Crippen MR) is 93.2 cm³/mol. The smallest absolute Gasteiger partial charge is 0.123 e. The summed E-state index contributed by atoms with van der Waals surface area (Å²) in [7, 11) is 4.11. The van der Waals surface area contributed by atoms with Crippen LogP contribution in [0, 0.1) is 12.8 Å². The minimum absolute atomic E-state index is 0.677. The third kappa shape index (κ3) is 4.29. The number of anilines is 1. The summed E-state index contributed by atoms with van der Waals surface area (Å²) in [6.07, 6.45) is 0. The Morgan fingerprint density at radius 2 is 1.86 bits per heavy atom. The zero-order chi connectivity index (χ0) is 15.4. The summed E-state index contributed by atoms with van der Waals surface area (Å²) in [4.78, 5) is 8.16. The molecule has 0 bridgehead atoms. The van der Waals surface area contributed by atoms with Crippen LogP contribution in [0.25, 0.3) is 10.6 Å². The first-order valence-electron chi connectivity index (χ1n) is 7.42. The van der Waals surface area contributed by atoms with Crippen LogP contribution in [0.3, 0.4) is 0 Å². The van der Waals surface area contributed by atoms with Crippen LogP contribution in [0.5, 0.6) is 0 Å². The summed E-state index contributed by atoms with van der Waals surface area (Å²) >= 11 is 1.79. The molecule has 2 aromatic rings. The van der Waals surface area contributed by atoms with Crippen molar-refractivity contribution < 1.29 is 0 Å². The molecule has 21 heavy (non-hydrogen) atoms. The van der Waals surface area contributed by atoms with Crippen molar-refractivity contribution in [3.63, 3.8) is 0 Å². The van der Waals surface area contributed by atoms with Gasteiger partial charge in [0.2, 0.25) is 0 Å². The summed E-state index contributed by atoms with van der Waals surface area (Å²) in [5.74, 6) is 0.677. The van der Waals surface area contributed by atoms with E-state index in [0.717, 1.165) is 23.8 Å². The monoisotopic (exact) mass is 303 g/mol. The van der Waals surface area contributed by atoms with Crippen LogP contribution in [-0.2, 0) is 6.54 Å². The summed E-state index contributed by atoms with van der Waals surface area (Å²) in [6, 6.07) is 8.59. The summed E-state index contributed by atoms with van der Waals surface area (Å²) < 4.78 is 0. The molecule has 0 radical (unpaired) electrons. The molecule has 0 amide bonds. The van der Waals surface area contributed by atoms with Gasteiger partial charge in [-0.15, -0.1) is 11.3 Å². The highest BCUT2D eigenvalue weighted by molar-refractivity contribution is 7.15. The maximum absolute atomic E-state index is 4.72. The average molecular weight is 303 g/mol. The van der Waals surface area contributed by atoms with Gasteiger partial charge in [-0.1, -0.05) is 13.8 Å². The van der Waals surface area contributed by atoms with Gasteiger partial charge in [0.25, 0.3) is 0 Å². The van der Waals surface area contributed by atoms with Gasteiger partial charge in [-0.3, -0.25) is 0 Å². The summed E-state index contributed by atoms with van der Waals surface area (Å²) in [5, 5.41) is 4.60. The topological polar surface area (TPSA) is 28.2 Å². The van der Waals surface area contributed by atoms with E-state index in [4.69, 9.17) is 4.98 Å². The number of aromatic nitrogens is 1. The number of nitrogens with one attached hydrogen (secondary N) is 1. The lowest BCUT2D eigenvalue weighted by Crippen LogP contribution is -2.18. The van der Waals surface area contributed by atoms with Crippen LogP contribution in [0.1, 0.15) is 24.4 Å². The van der Waals surface area contributed by atoms with Crippen LogP contribution in [0.15, 0.2) is 24.3 Å². The number of aryl methyl sites for hydroxylation is 1. The number of nitrogens with zero attached hydrogens (tertiary/aromatic N) is 2. The second kappa shape index (κ2) is 7.05. The van der Waals surface area contributed by atoms with Crippen molar-refractivity contribution in [3.8, 4) is 10.6 Å². The summed E-state index contributed by atoms with van der Waals surface area (Å²) in [5.41, 5.74) is 3.55. The summed E-state index contributed by atoms with van der Waals surface area (Å²) in [6.45, 7) is 8.51. The molecule has 1 heterocycles. The van der Waals surface area contributed by atoms with Crippen molar-refractivity contribution in [2.45, 2.75) is 27.3 Å². The van der Waals surface area contributed by atoms with E-state index in [1.165, 1.54) is 16.1 Å². The van der Waals surface area contributed by atoms with Crippen LogP contribution in [-0.4, -0.2) is 25.6 Å². The molecule has 1 N–H and O–H groups in total. The zero-order valence-corrected chi connectivity index (χ0v) is 14.4. The number of hydrogen-bond donors (Lipinski definition) is 1. The van der Waals surface area contributed by atoms with Gasteiger partial charge in [-0.25, -0.2) is 4.98 Å². The van der Waals surface area contributed by atoms with E-state index in [1.807, 2.05) is 0 Å². The fraction of sp³-hybridized carbons (Fsp3) is 0.471. The Labute approximate surface area is 132 Å². The molecule has 1 aromatic carbocycles. The van der Waals surface area contributed by atoms with Crippen LogP contribution >= 0.6 is 11.3 Å². The van der Waals surface area contributed by atoms with Crippen molar-refractivity contribution in [2.24, 2.45) is 5.92 Å². The van der Waals surface area contributed by atoms with Crippen molar-refractivity contribution in [2.75, 3.05) is 25.5 Å². The molecule has 114 valence electrons. The van der Waals surface area contributed by atoms with Gasteiger partial charge in [-0.05, 0) is 43.7 Å². The zero-order valence-electron chi connectivity index (χ0n) is 13.6. The molecule has 0 aliphatic rings. The quantitative estimate of drug-likeness (QED) is 0.876. The third-order valence-electron chi connectivity index (χ3n) is 3.36. The molecule has 0 unspecified atom stereocenters. The lowest BCUT2D eigenvalue weighted by Gasteiger charge is -2.11. The largest absolute Gasteiger partial charge is 0.378 e. The van der Waals surface area contributed by atoms with Crippen molar-refractivity contribution in [3.05, 3.63) is 34.8 Å². The third-order valence-corrected chi connectivity index (χ3v) is 4.57. The van der Waals surface area contributed by atoms with E-state index in [2.05, 4.69) is 69.3 Å². The SMILES string of the molecule is Cc1nc(-c2ccc(N(C)C)cc2)sc1CNCC(C)C. The van der Waals surface area contributed by atoms with E-state index in [1.54, 1.807) is 11.3 Å². The second-order valence-corrected chi connectivity index (χ2v) is 7.08. The molecule has 0 aliphatic heterocycles. The minimum atomic E-state index is 0.677. The Morgan fingerprint density at radius 3 is 2.43 bits per heavy atom. The Hall–Kier alpha value is -1.39. The van der Waals surface area contributed by atoms with Crippen molar-refractivity contribution >= 4 is 17.0 Å². The second-order valence-electron chi connectivity index (χ2n) is 5.99. The molecular weight excluding hydrogens is 278 g/mol. The molecule has 0 atom stereocenters. The molecule has 2 rings (SSSR count). The lowest BCUT2D eigenvalue weighted by molar-refractivity contribution is 0.554. The Kier molecular flexibility index (Phi) is 5.37. The number of thiazole rings is 1. The van der Waals surface area contributed by atoms with Crippen molar-refractivity contribution in [1.29, 1.82) is 0 Å². The number of benzene rings is 1. The predicted octanol–water partition coefficient (Wildman–Crippen LogP) is 3.93. The highest BCUT2D eigenvalue weighted by Gasteiger charge is 2.09. The van der Waals surface area contributed by atoms with Gasteiger partial charge in [0, 0.05) is 36.8 Å². The van der Waals surface area contributed by atoms with Gasteiger partial charge in [0.15, 0.2) is 0 Å². The van der Waals surface area contributed by atoms with Crippen LogP contribution in [0.2, 0.25) is 0 Å². The Morgan fingerprint density at radius 1 is 1.19 bits per heavy atom. The van der Waals surface area contributed by atoms with Gasteiger partial charge in [-0.2, -0.15) is 0 Å². The first-order chi connectivity index (χ1) is 9.97. The fourth-order valence-electron chi connectivity index (χ4n) is 2.09. The molecule has 0 saturated heterocycles. The molecule has 3 nitrogen and oxygen atoms in total.